The lowest BCUT2D eigenvalue weighted by atomic mass is 9.93. The van der Waals surface area contributed by atoms with Crippen molar-refractivity contribution in [1.29, 1.82) is 0 Å². The van der Waals surface area contributed by atoms with Gasteiger partial charge in [-0.2, -0.15) is 114 Å². The molecule has 0 aliphatic carbocycles. The molecule has 0 bridgehead atoms. The van der Waals surface area contributed by atoms with E-state index in [4.69, 9.17) is 4.74 Å². The Morgan fingerprint density at radius 3 is 1.07 bits per heavy atom. The number of carbonyl (C=O) groups is 2. The summed E-state index contributed by atoms with van der Waals surface area (Å²) in [5.74, 6) is -85.0. The van der Waals surface area contributed by atoms with E-state index in [1.54, 1.807) is 0 Å². The number of quaternary nitrogens is 1. The first-order chi connectivity index (χ1) is 25.1. The summed E-state index contributed by atoms with van der Waals surface area (Å²) in [6.07, 6.45) is -23.4. The molecule has 32 heteroatoms. The quantitative estimate of drug-likeness (QED) is 0.0470. The molecule has 1 atom stereocenters. The van der Waals surface area contributed by atoms with Crippen LogP contribution in [0, 0.1) is 5.92 Å². The van der Waals surface area contributed by atoms with Crippen LogP contribution in [-0.2, 0) is 23.8 Å². The van der Waals surface area contributed by atoms with Crippen LogP contribution in [0.25, 0.3) is 0 Å². The van der Waals surface area contributed by atoms with Gasteiger partial charge < -0.3 is 18.7 Å². The van der Waals surface area contributed by atoms with Crippen LogP contribution in [0.3, 0.4) is 0 Å². The zero-order valence-corrected chi connectivity index (χ0v) is 28.5. The van der Waals surface area contributed by atoms with Gasteiger partial charge in [-0.05, 0) is 0 Å². The Morgan fingerprint density at radius 2 is 0.759 bits per heavy atom. The fourth-order valence-corrected chi connectivity index (χ4v) is 3.64. The maximum Gasteiger partial charge on any atom is 0.460 e. The molecule has 0 radical (unpaired) electrons. The van der Waals surface area contributed by atoms with E-state index in [0.717, 1.165) is 0 Å². The van der Waals surface area contributed by atoms with Gasteiger partial charge in [0.25, 0.3) is 0 Å². The van der Waals surface area contributed by atoms with Crippen LogP contribution in [-0.4, -0.2) is 142 Å². The van der Waals surface area contributed by atoms with Gasteiger partial charge in [-0.1, -0.05) is 0 Å². The molecule has 0 rings (SSSR count). The van der Waals surface area contributed by atoms with Crippen molar-refractivity contribution in [2.24, 2.45) is 5.92 Å². The van der Waals surface area contributed by atoms with E-state index in [-0.39, 0.29) is 11.0 Å². The number of hydrogen-bond donors (Lipinski definition) is 0. The van der Waals surface area contributed by atoms with Crippen molar-refractivity contribution in [1.82, 2.24) is 0 Å². The minimum Gasteiger partial charge on any atom is -0.465 e. The highest BCUT2D eigenvalue weighted by Gasteiger charge is 2.92. The summed E-state index contributed by atoms with van der Waals surface area (Å²) in [5.41, 5.74) is 0. The van der Waals surface area contributed by atoms with E-state index < -0.39 is 135 Å². The first kappa shape index (κ1) is 55.0. The minimum absolute atomic E-state index is 0.0262. The summed E-state index contributed by atoms with van der Waals surface area (Å²) in [7, 11) is 4.47. The number of alkyl halides is 26. The lowest BCUT2D eigenvalue weighted by Crippen LogP contribution is -2.70. The first-order valence-corrected chi connectivity index (χ1v) is 14.7. The van der Waals surface area contributed by atoms with E-state index in [0.29, 0.717) is 0 Å². The molecule has 0 aromatic carbocycles. The molecule has 6 nitrogen and oxygen atoms in total. The average molecular weight is 926 g/mol. The summed E-state index contributed by atoms with van der Waals surface area (Å²) in [6, 6.07) is 0. The number of rotatable bonds is 22. The molecule has 0 saturated carbocycles. The maximum absolute atomic E-state index is 14.0. The monoisotopic (exact) mass is 926 g/mol. The molecule has 58 heavy (non-hydrogen) atoms. The van der Waals surface area contributed by atoms with Crippen molar-refractivity contribution in [3.8, 4) is 0 Å². The zero-order chi connectivity index (χ0) is 47.0. The standard InChI is InChI=1S/C26H26F26NO5/c1-53(2,3)6-9-56-11-12(14(55)58-8-5-16(29,30)18(33,34)20(37,38)22(41,42)24(45,46)26(50,51)52)10-13(54)57-7-4-15(27,28)17(31,32)19(35,36)21(39,40)23(43,44)25(47,48)49/h12H,4-11H2,1-3H3/q+1. The van der Waals surface area contributed by atoms with E-state index in [9.17, 15) is 124 Å². The Bertz CT molecular complexity index is 1400. The zero-order valence-electron chi connectivity index (χ0n) is 28.5. The molecular formula is C26H26F26NO5+. The summed E-state index contributed by atoms with van der Waals surface area (Å²) < 4.78 is 358. The maximum atomic E-state index is 14.0. The van der Waals surface area contributed by atoms with Crippen molar-refractivity contribution < 1.29 is 142 Å². The van der Waals surface area contributed by atoms with Crippen LogP contribution < -0.4 is 0 Å². The van der Waals surface area contributed by atoms with Crippen molar-refractivity contribution in [3.63, 3.8) is 0 Å². The van der Waals surface area contributed by atoms with Gasteiger partial charge in [0, 0.05) is 0 Å². The van der Waals surface area contributed by atoms with Gasteiger partial charge in [-0.25, -0.2) is 0 Å². The van der Waals surface area contributed by atoms with Gasteiger partial charge in [0.1, 0.15) is 6.54 Å². The van der Waals surface area contributed by atoms with E-state index in [1.165, 1.54) is 21.1 Å². The van der Waals surface area contributed by atoms with Gasteiger partial charge >= 0.3 is 83.5 Å². The summed E-state index contributed by atoms with van der Waals surface area (Å²) >= 11 is 0. The molecule has 0 amide bonds. The van der Waals surface area contributed by atoms with E-state index in [2.05, 4.69) is 9.47 Å². The fourth-order valence-electron chi connectivity index (χ4n) is 3.64. The van der Waals surface area contributed by atoms with E-state index >= 15 is 0 Å². The number of esters is 2. The van der Waals surface area contributed by atoms with Gasteiger partial charge in [0.2, 0.25) is 0 Å². The second-order valence-electron chi connectivity index (χ2n) is 12.9. The van der Waals surface area contributed by atoms with Crippen molar-refractivity contribution >= 4 is 11.9 Å². The van der Waals surface area contributed by atoms with Crippen molar-refractivity contribution in [3.05, 3.63) is 0 Å². The highest BCUT2D eigenvalue weighted by molar-refractivity contribution is 5.80. The smallest absolute Gasteiger partial charge is 0.460 e. The number of likely N-dealkylation sites (N-methyl/N-ethyl adjacent to an activating group) is 1. The molecule has 0 fully saturated rings. The average Bonchev–Trinajstić information content (AvgIpc) is 2.99. The highest BCUT2D eigenvalue weighted by atomic mass is 19.4. The molecule has 346 valence electrons. The molecule has 0 aliphatic rings. The van der Waals surface area contributed by atoms with Crippen LogP contribution >= 0.6 is 0 Å². The Morgan fingerprint density at radius 1 is 0.448 bits per heavy atom. The van der Waals surface area contributed by atoms with Gasteiger partial charge in [-0.15, -0.1) is 0 Å². The molecular weight excluding hydrogens is 900 g/mol. The van der Waals surface area contributed by atoms with Gasteiger partial charge in [0.15, 0.2) is 0 Å². The molecule has 0 aromatic rings. The number of hydrogen-bond acceptors (Lipinski definition) is 5. The molecule has 0 saturated heterocycles. The number of nitrogens with zero attached hydrogens (tertiary/aromatic N) is 1. The second-order valence-corrected chi connectivity index (χ2v) is 12.9. The molecule has 0 heterocycles. The second kappa shape index (κ2) is 16.8. The topological polar surface area (TPSA) is 61.8 Å². The predicted octanol–water partition coefficient (Wildman–Crippen LogP) is 9.06. The predicted molar refractivity (Wildman–Crippen MR) is 135 cm³/mol. The highest BCUT2D eigenvalue weighted by Crippen LogP contribution is 2.62. The third-order valence-corrected chi connectivity index (χ3v) is 7.31. The summed E-state index contributed by atoms with van der Waals surface area (Å²) in [5, 5.41) is 0. The van der Waals surface area contributed by atoms with E-state index in [1.807, 2.05) is 0 Å². The van der Waals surface area contributed by atoms with Crippen molar-refractivity contribution in [2.45, 2.75) is 90.8 Å². The Kier molecular flexibility index (Phi) is 16.0. The molecule has 0 aliphatic heterocycles. The van der Waals surface area contributed by atoms with Gasteiger partial charge in [0.05, 0.1) is 72.8 Å². The van der Waals surface area contributed by atoms with Crippen LogP contribution in [0.5, 0.6) is 0 Å². The van der Waals surface area contributed by atoms with Crippen LogP contribution in [0.15, 0.2) is 0 Å². The molecule has 1 unspecified atom stereocenters. The third kappa shape index (κ3) is 10.5. The van der Waals surface area contributed by atoms with Crippen LogP contribution in [0.1, 0.15) is 19.3 Å². The normalized spacial score (nSPS) is 16.0. The molecule has 0 aromatic heterocycles. The number of ether oxygens (including phenoxy) is 3. The van der Waals surface area contributed by atoms with Crippen molar-refractivity contribution in [2.75, 3.05) is 54.1 Å². The minimum atomic E-state index is -8.27. The summed E-state index contributed by atoms with van der Waals surface area (Å²) in [6.45, 7) is -6.47. The Labute approximate surface area is 306 Å². The van der Waals surface area contributed by atoms with Crippen LogP contribution in [0.2, 0.25) is 0 Å². The Balaban J connectivity index is 6.09. The molecule has 0 N–H and O–H groups in total. The largest absolute Gasteiger partial charge is 0.465 e. The lowest BCUT2D eigenvalue weighted by molar-refractivity contribution is -0.870. The number of halogens is 26. The Hall–Kier alpha value is -2.96. The fraction of sp³-hybridized carbons (Fsp3) is 0.923. The third-order valence-electron chi connectivity index (χ3n) is 7.31. The molecule has 0 spiro atoms. The summed E-state index contributed by atoms with van der Waals surface area (Å²) in [4.78, 5) is 24.4. The first-order valence-electron chi connectivity index (χ1n) is 14.7. The van der Waals surface area contributed by atoms with Gasteiger partial charge in [-0.3, -0.25) is 9.59 Å². The number of carbonyl (C=O) groups excluding carboxylic acids is 2. The lowest BCUT2D eigenvalue weighted by Gasteiger charge is -2.39. The van der Waals surface area contributed by atoms with Crippen LogP contribution in [0.4, 0.5) is 114 Å². The SMILES string of the molecule is C[N+](C)(C)CCOCC(CC(=O)OCCC(F)(F)C(F)(F)C(F)(F)C(F)(F)C(F)(F)C(F)(F)F)C(=O)OCCC(F)(F)C(F)(F)C(F)(F)C(F)(F)C(F)(F)C(F)(F)F.